The average molecular weight is 396 g/mol. The normalized spacial score (nSPS) is 17.2. The van der Waals surface area contributed by atoms with Crippen LogP contribution in [0.2, 0.25) is 0 Å². The highest BCUT2D eigenvalue weighted by Crippen LogP contribution is 2.25. The molecule has 1 aliphatic rings. The maximum Gasteiger partial charge on any atom is 0.296 e. The SMILES string of the molecule is O=S(=O)(OCC1CCN(S(=O)(=O)c2ccccc2)CC1)c1ccccc1. The molecule has 26 heavy (non-hydrogen) atoms. The van der Waals surface area contributed by atoms with Crippen molar-refractivity contribution in [3.05, 3.63) is 60.7 Å². The summed E-state index contributed by atoms with van der Waals surface area (Å²) in [5.74, 6) is 0.00992. The fraction of sp³-hybridized carbons (Fsp3) is 0.333. The highest BCUT2D eigenvalue weighted by molar-refractivity contribution is 7.89. The predicted molar refractivity (Wildman–Crippen MR) is 97.5 cm³/mol. The summed E-state index contributed by atoms with van der Waals surface area (Å²) >= 11 is 0. The molecule has 1 fully saturated rings. The lowest BCUT2D eigenvalue weighted by molar-refractivity contribution is 0.189. The standard InChI is InChI=1S/C18H21NO5S2/c20-25(21,17-7-3-1-4-8-17)19-13-11-16(12-14-19)15-24-26(22,23)18-9-5-2-6-10-18/h1-10,16H,11-15H2. The van der Waals surface area contributed by atoms with Crippen LogP contribution in [0.1, 0.15) is 12.8 Å². The summed E-state index contributed by atoms with van der Waals surface area (Å²) in [6, 6.07) is 16.3. The fourth-order valence-corrected chi connectivity index (χ4v) is 5.39. The number of rotatable bonds is 6. The predicted octanol–water partition coefficient (Wildman–Crippen LogP) is 2.49. The Balaban J connectivity index is 1.56. The quantitative estimate of drug-likeness (QED) is 0.702. The van der Waals surface area contributed by atoms with Gasteiger partial charge in [-0.1, -0.05) is 36.4 Å². The summed E-state index contributed by atoms with van der Waals surface area (Å²) < 4.78 is 56.1. The highest BCUT2D eigenvalue weighted by Gasteiger charge is 2.30. The molecule has 140 valence electrons. The first-order valence-corrected chi connectivity index (χ1v) is 11.2. The average Bonchev–Trinajstić information content (AvgIpc) is 2.68. The monoisotopic (exact) mass is 395 g/mol. The van der Waals surface area contributed by atoms with Crippen LogP contribution in [0.5, 0.6) is 0 Å². The minimum absolute atomic E-state index is 0.00992. The third-order valence-electron chi connectivity index (χ3n) is 4.45. The van der Waals surface area contributed by atoms with Crippen molar-refractivity contribution >= 4 is 20.1 Å². The smallest absolute Gasteiger partial charge is 0.266 e. The van der Waals surface area contributed by atoms with Gasteiger partial charge in [0.2, 0.25) is 10.0 Å². The van der Waals surface area contributed by atoms with Crippen molar-refractivity contribution < 1.29 is 21.0 Å². The Morgan fingerprint density at radius 2 is 1.31 bits per heavy atom. The van der Waals surface area contributed by atoms with E-state index in [1.165, 1.54) is 16.4 Å². The first kappa shape index (κ1) is 19.0. The second-order valence-electron chi connectivity index (χ2n) is 6.21. The third kappa shape index (κ3) is 4.32. The Hall–Kier alpha value is -1.74. The van der Waals surface area contributed by atoms with Gasteiger partial charge in [0, 0.05) is 13.1 Å². The lowest BCUT2D eigenvalue weighted by Gasteiger charge is -2.30. The van der Waals surface area contributed by atoms with Crippen LogP contribution in [0.3, 0.4) is 0 Å². The van der Waals surface area contributed by atoms with E-state index in [4.69, 9.17) is 4.18 Å². The van der Waals surface area contributed by atoms with Gasteiger partial charge in [0.1, 0.15) is 0 Å². The zero-order valence-electron chi connectivity index (χ0n) is 14.2. The molecule has 0 aromatic heterocycles. The molecule has 6 nitrogen and oxygen atoms in total. The molecule has 0 spiro atoms. The van der Waals surface area contributed by atoms with Gasteiger partial charge in [-0.15, -0.1) is 0 Å². The number of piperidine rings is 1. The van der Waals surface area contributed by atoms with Crippen LogP contribution in [0, 0.1) is 5.92 Å². The summed E-state index contributed by atoms with van der Waals surface area (Å²) in [4.78, 5) is 0.408. The van der Waals surface area contributed by atoms with Crippen LogP contribution in [-0.4, -0.2) is 40.8 Å². The Labute approximate surface area is 154 Å². The van der Waals surface area contributed by atoms with E-state index in [2.05, 4.69) is 0 Å². The second-order valence-corrected chi connectivity index (χ2v) is 9.77. The maximum absolute atomic E-state index is 12.6. The van der Waals surface area contributed by atoms with E-state index in [-0.39, 0.29) is 22.3 Å². The van der Waals surface area contributed by atoms with Crippen LogP contribution < -0.4 is 0 Å². The Kier molecular flexibility index (Phi) is 5.76. The molecule has 2 aromatic rings. The van der Waals surface area contributed by atoms with Crippen molar-refractivity contribution in [1.82, 2.24) is 4.31 Å². The first-order chi connectivity index (χ1) is 12.4. The molecule has 1 heterocycles. The minimum Gasteiger partial charge on any atom is -0.266 e. The van der Waals surface area contributed by atoms with Crippen molar-refractivity contribution in [3.63, 3.8) is 0 Å². The molecule has 0 bridgehead atoms. The van der Waals surface area contributed by atoms with Gasteiger partial charge < -0.3 is 0 Å². The zero-order chi connectivity index (χ0) is 18.6. The Bertz CT molecular complexity index is 920. The van der Waals surface area contributed by atoms with Gasteiger partial charge in [-0.25, -0.2) is 8.42 Å². The van der Waals surface area contributed by atoms with E-state index in [0.29, 0.717) is 25.9 Å². The largest absolute Gasteiger partial charge is 0.296 e. The van der Waals surface area contributed by atoms with Gasteiger partial charge in [-0.2, -0.15) is 12.7 Å². The van der Waals surface area contributed by atoms with Crippen LogP contribution >= 0.6 is 0 Å². The molecule has 0 aliphatic carbocycles. The Morgan fingerprint density at radius 3 is 1.85 bits per heavy atom. The molecule has 1 aliphatic heterocycles. The lowest BCUT2D eigenvalue weighted by Crippen LogP contribution is -2.39. The van der Waals surface area contributed by atoms with Crippen molar-refractivity contribution in [1.29, 1.82) is 0 Å². The van der Waals surface area contributed by atoms with Gasteiger partial charge in [-0.3, -0.25) is 4.18 Å². The van der Waals surface area contributed by atoms with Gasteiger partial charge in [0.15, 0.2) is 0 Å². The van der Waals surface area contributed by atoms with Crippen LogP contribution in [0.25, 0.3) is 0 Å². The van der Waals surface area contributed by atoms with Crippen molar-refractivity contribution in [2.75, 3.05) is 19.7 Å². The molecular weight excluding hydrogens is 374 g/mol. The van der Waals surface area contributed by atoms with Gasteiger partial charge in [-0.05, 0) is 43.0 Å². The van der Waals surface area contributed by atoms with Gasteiger partial charge in [0.25, 0.3) is 10.1 Å². The maximum atomic E-state index is 12.6. The molecule has 0 radical (unpaired) electrons. The Morgan fingerprint density at radius 1 is 0.808 bits per heavy atom. The molecule has 2 aromatic carbocycles. The number of hydrogen-bond acceptors (Lipinski definition) is 5. The first-order valence-electron chi connectivity index (χ1n) is 8.39. The molecule has 3 rings (SSSR count). The van der Waals surface area contributed by atoms with E-state index in [1.54, 1.807) is 48.5 Å². The fourth-order valence-electron chi connectivity index (χ4n) is 2.90. The molecule has 0 saturated carbocycles. The molecular formula is C18H21NO5S2. The summed E-state index contributed by atoms with van der Waals surface area (Å²) in [7, 11) is -7.27. The number of sulfonamides is 1. The third-order valence-corrected chi connectivity index (χ3v) is 7.65. The van der Waals surface area contributed by atoms with Crippen molar-refractivity contribution in [2.24, 2.45) is 5.92 Å². The van der Waals surface area contributed by atoms with E-state index < -0.39 is 20.1 Å². The molecule has 0 N–H and O–H groups in total. The zero-order valence-corrected chi connectivity index (χ0v) is 15.8. The highest BCUT2D eigenvalue weighted by atomic mass is 32.2. The second kappa shape index (κ2) is 7.87. The molecule has 0 unspecified atom stereocenters. The molecule has 8 heteroatoms. The van der Waals surface area contributed by atoms with E-state index in [9.17, 15) is 16.8 Å². The van der Waals surface area contributed by atoms with Gasteiger partial charge in [0.05, 0.1) is 16.4 Å². The number of benzene rings is 2. The molecule has 1 saturated heterocycles. The summed E-state index contributed by atoms with van der Waals surface area (Å²) in [5.41, 5.74) is 0. The summed E-state index contributed by atoms with van der Waals surface area (Å²) in [6.07, 6.45) is 1.13. The minimum atomic E-state index is -3.78. The lowest BCUT2D eigenvalue weighted by atomic mass is 10.00. The van der Waals surface area contributed by atoms with Crippen LogP contribution in [0.4, 0.5) is 0 Å². The van der Waals surface area contributed by atoms with E-state index >= 15 is 0 Å². The number of hydrogen-bond donors (Lipinski definition) is 0. The summed E-state index contributed by atoms with van der Waals surface area (Å²) in [5, 5.41) is 0. The van der Waals surface area contributed by atoms with E-state index in [0.717, 1.165) is 0 Å². The van der Waals surface area contributed by atoms with Crippen molar-refractivity contribution in [3.8, 4) is 0 Å². The van der Waals surface area contributed by atoms with Crippen molar-refractivity contribution in [2.45, 2.75) is 22.6 Å². The topological polar surface area (TPSA) is 80.8 Å². The van der Waals surface area contributed by atoms with Crippen LogP contribution in [-0.2, 0) is 24.3 Å². The van der Waals surface area contributed by atoms with E-state index in [1.807, 2.05) is 0 Å². The van der Waals surface area contributed by atoms with Gasteiger partial charge >= 0.3 is 0 Å². The summed E-state index contributed by atoms with van der Waals surface area (Å²) in [6.45, 7) is 0.781. The molecule has 0 atom stereocenters. The number of nitrogens with zero attached hydrogens (tertiary/aromatic N) is 1. The molecule has 0 amide bonds. The van der Waals surface area contributed by atoms with Crippen LogP contribution in [0.15, 0.2) is 70.5 Å².